The van der Waals surface area contributed by atoms with Crippen LogP contribution in [0, 0.1) is 0 Å². The van der Waals surface area contributed by atoms with Gasteiger partial charge in [0.25, 0.3) is 0 Å². The minimum absolute atomic E-state index is 0.189. The largest absolute Gasteiger partial charge is 0.477 e. The van der Waals surface area contributed by atoms with Crippen LogP contribution in [0.3, 0.4) is 0 Å². The van der Waals surface area contributed by atoms with Crippen LogP contribution < -0.4 is 0 Å². The van der Waals surface area contributed by atoms with E-state index in [1.54, 1.807) is 24.9 Å². The summed E-state index contributed by atoms with van der Waals surface area (Å²) in [6.45, 7) is 0. The molecule has 1 aromatic carbocycles. The average Bonchev–Trinajstić information content (AvgIpc) is 2.71. The summed E-state index contributed by atoms with van der Waals surface area (Å²) < 4.78 is 1.38. The highest BCUT2D eigenvalue weighted by molar-refractivity contribution is 7.98. The van der Waals surface area contributed by atoms with Gasteiger partial charge in [-0.1, -0.05) is 12.1 Å². The number of benzene rings is 1. The summed E-state index contributed by atoms with van der Waals surface area (Å²) in [6.07, 6.45) is 2.01. The van der Waals surface area contributed by atoms with E-state index in [0.29, 0.717) is 5.69 Å². The SMILES string of the molecule is CSc1ccc(-c2cc(C(=O)O)n(C)n2)cc1. The number of carboxylic acids is 1. The molecule has 0 aliphatic rings. The Kier molecular flexibility index (Phi) is 3.19. The summed E-state index contributed by atoms with van der Waals surface area (Å²) in [5, 5.41) is 13.1. The monoisotopic (exact) mass is 248 g/mol. The van der Waals surface area contributed by atoms with Gasteiger partial charge in [-0.3, -0.25) is 4.68 Å². The fourth-order valence-electron chi connectivity index (χ4n) is 1.57. The quantitative estimate of drug-likeness (QED) is 0.848. The lowest BCUT2D eigenvalue weighted by Crippen LogP contribution is -2.04. The summed E-state index contributed by atoms with van der Waals surface area (Å²) in [6, 6.07) is 9.46. The molecular weight excluding hydrogens is 236 g/mol. The number of rotatable bonds is 3. The minimum atomic E-state index is -0.966. The second-order valence-electron chi connectivity index (χ2n) is 3.57. The van der Waals surface area contributed by atoms with E-state index in [4.69, 9.17) is 5.11 Å². The number of nitrogens with zero attached hydrogens (tertiary/aromatic N) is 2. The maximum atomic E-state index is 10.9. The Hall–Kier alpha value is -1.75. The molecule has 2 rings (SSSR count). The van der Waals surface area contributed by atoms with Crippen LogP contribution in [0.5, 0.6) is 0 Å². The molecule has 0 aliphatic heterocycles. The van der Waals surface area contributed by atoms with E-state index in [2.05, 4.69) is 5.10 Å². The molecule has 1 N–H and O–H groups in total. The molecule has 1 aromatic heterocycles. The third kappa shape index (κ3) is 2.34. The molecule has 88 valence electrons. The molecule has 4 nitrogen and oxygen atoms in total. The Labute approximate surface area is 103 Å². The fourth-order valence-corrected chi connectivity index (χ4v) is 1.98. The van der Waals surface area contributed by atoms with Crippen molar-refractivity contribution in [2.24, 2.45) is 7.05 Å². The Balaban J connectivity index is 2.39. The van der Waals surface area contributed by atoms with Crippen molar-refractivity contribution in [2.75, 3.05) is 6.26 Å². The Morgan fingerprint density at radius 2 is 2.00 bits per heavy atom. The molecule has 17 heavy (non-hydrogen) atoms. The third-order valence-corrected chi connectivity index (χ3v) is 3.23. The van der Waals surface area contributed by atoms with Crippen LogP contribution >= 0.6 is 11.8 Å². The smallest absolute Gasteiger partial charge is 0.354 e. The van der Waals surface area contributed by atoms with Crippen molar-refractivity contribution >= 4 is 17.7 Å². The Morgan fingerprint density at radius 3 is 2.47 bits per heavy atom. The second-order valence-corrected chi connectivity index (χ2v) is 4.45. The van der Waals surface area contributed by atoms with E-state index in [1.165, 1.54) is 9.58 Å². The van der Waals surface area contributed by atoms with Crippen molar-refractivity contribution in [1.82, 2.24) is 9.78 Å². The van der Waals surface area contributed by atoms with Crippen LogP contribution in [-0.4, -0.2) is 27.1 Å². The van der Waals surface area contributed by atoms with Crippen molar-refractivity contribution in [2.45, 2.75) is 4.90 Å². The lowest BCUT2D eigenvalue weighted by atomic mass is 10.1. The molecule has 0 unspecified atom stereocenters. The van der Waals surface area contributed by atoms with Crippen LogP contribution in [0.4, 0.5) is 0 Å². The molecule has 0 atom stereocenters. The minimum Gasteiger partial charge on any atom is -0.477 e. The van der Waals surface area contributed by atoms with Crippen LogP contribution in [0.25, 0.3) is 11.3 Å². The van der Waals surface area contributed by atoms with E-state index in [0.717, 1.165) is 5.56 Å². The number of thioether (sulfide) groups is 1. The molecule has 0 saturated carbocycles. The van der Waals surface area contributed by atoms with Crippen LogP contribution in [0.2, 0.25) is 0 Å². The zero-order valence-corrected chi connectivity index (χ0v) is 10.4. The van der Waals surface area contributed by atoms with Crippen molar-refractivity contribution in [3.63, 3.8) is 0 Å². The molecule has 0 spiro atoms. The Bertz CT molecular complexity index is 546. The number of aromatic carboxylic acids is 1. The first-order valence-electron chi connectivity index (χ1n) is 5.03. The average molecular weight is 248 g/mol. The normalized spacial score (nSPS) is 10.5. The van der Waals surface area contributed by atoms with Gasteiger partial charge in [0, 0.05) is 17.5 Å². The topological polar surface area (TPSA) is 55.1 Å². The van der Waals surface area contributed by atoms with Gasteiger partial charge in [0.05, 0.1) is 5.69 Å². The molecule has 5 heteroatoms. The highest BCUT2D eigenvalue weighted by Gasteiger charge is 2.12. The van der Waals surface area contributed by atoms with E-state index in [1.807, 2.05) is 30.5 Å². The lowest BCUT2D eigenvalue weighted by Gasteiger charge is -1.98. The molecule has 0 bridgehead atoms. The van der Waals surface area contributed by atoms with E-state index in [9.17, 15) is 4.79 Å². The van der Waals surface area contributed by atoms with Crippen molar-refractivity contribution in [3.8, 4) is 11.3 Å². The standard InChI is InChI=1S/C12H12N2O2S/c1-14-11(12(15)16)7-10(13-14)8-3-5-9(17-2)6-4-8/h3-7H,1-2H3,(H,15,16). The molecule has 0 aliphatic carbocycles. The molecule has 0 radical (unpaired) electrons. The predicted molar refractivity (Wildman–Crippen MR) is 67.4 cm³/mol. The van der Waals surface area contributed by atoms with Crippen LogP contribution in [-0.2, 0) is 7.05 Å². The number of hydrogen-bond acceptors (Lipinski definition) is 3. The van der Waals surface area contributed by atoms with Gasteiger partial charge in [0.15, 0.2) is 0 Å². The van der Waals surface area contributed by atoms with Gasteiger partial charge in [0.2, 0.25) is 0 Å². The maximum Gasteiger partial charge on any atom is 0.354 e. The third-order valence-electron chi connectivity index (χ3n) is 2.48. The van der Waals surface area contributed by atoms with Gasteiger partial charge < -0.3 is 5.11 Å². The highest BCUT2D eigenvalue weighted by Crippen LogP contribution is 2.22. The number of aryl methyl sites for hydroxylation is 1. The summed E-state index contributed by atoms with van der Waals surface area (Å²) in [5.74, 6) is -0.966. The maximum absolute atomic E-state index is 10.9. The zero-order valence-electron chi connectivity index (χ0n) is 9.54. The first-order chi connectivity index (χ1) is 8.11. The van der Waals surface area contributed by atoms with Gasteiger partial charge in [-0.2, -0.15) is 5.10 Å². The number of carboxylic acid groups (broad SMARTS) is 1. The first-order valence-corrected chi connectivity index (χ1v) is 6.26. The molecule has 0 amide bonds. The van der Waals surface area contributed by atoms with Gasteiger partial charge in [0.1, 0.15) is 5.69 Å². The molecule has 1 heterocycles. The molecule has 0 saturated heterocycles. The summed E-state index contributed by atoms with van der Waals surface area (Å²) in [4.78, 5) is 12.1. The van der Waals surface area contributed by atoms with Crippen molar-refractivity contribution in [1.29, 1.82) is 0 Å². The summed E-state index contributed by atoms with van der Waals surface area (Å²) in [5.41, 5.74) is 1.79. The van der Waals surface area contributed by atoms with Gasteiger partial charge in [-0.05, 0) is 24.5 Å². The van der Waals surface area contributed by atoms with E-state index >= 15 is 0 Å². The Morgan fingerprint density at radius 1 is 1.35 bits per heavy atom. The highest BCUT2D eigenvalue weighted by atomic mass is 32.2. The summed E-state index contributed by atoms with van der Waals surface area (Å²) in [7, 11) is 1.63. The summed E-state index contributed by atoms with van der Waals surface area (Å²) >= 11 is 1.67. The second kappa shape index (κ2) is 4.63. The van der Waals surface area contributed by atoms with Crippen molar-refractivity contribution in [3.05, 3.63) is 36.0 Å². The lowest BCUT2D eigenvalue weighted by molar-refractivity contribution is 0.0685. The van der Waals surface area contributed by atoms with Gasteiger partial charge >= 0.3 is 5.97 Å². The number of aromatic nitrogens is 2. The van der Waals surface area contributed by atoms with Crippen LogP contribution in [0.15, 0.2) is 35.2 Å². The zero-order chi connectivity index (χ0) is 12.4. The van der Waals surface area contributed by atoms with E-state index < -0.39 is 5.97 Å². The molecular formula is C12H12N2O2S. The first kappa shape index (κ1) is 11.7. The molecule has 0 fully saturated rings. The van der Waals surface area contributed by atoms with Crippen LogP contribution in [0.1, 0.15) is 10.5 Å². The fraction of sp³-hybridized carbons (Fsp3) is 0.167. The number of carbonyl (C=O) groups is 1. The van der Waals surface area contributed by atoms with E-state index in [-0.39, 0.29) is 5.69 Å². The van der Waals surface area contributed by atoms with Gasteiger partial charge in [-0.15, -0.1) is 11.8 Å². The van der Waals surface area contributed by atoms with Crippen molar-refractivity contribution < 1.29 is 9.90 Å². The van der Waals surface area contributed by atoms with Gasteiger partial charge in [-0.25, -0.2) is 4.79 Å². The predicted octanol–water partition coefficient (Wildman–Crippen LogP) is 2.51. The number of hydrogen-bond donors (Lipinski definition) is 1. The molecule has 2 aromatic rings.